The van der Waals surface area contributed by atoms with E-state index >= 15 is 0 Å². The minimum Gasteiger partial charge on any atom is -0.381 e. The van der Waals surface area contributed by atoms with Crippen LogP contribution in [0, 0.1) is 0 Å². The minimum absolute atomic E-state index is 0.979. The summed E-state index contributed by atoms with van der Waals surface area (Å²) in [6.45, 7) is 3.21. The third-order valence-electron chi connectivity index (χ3n) is 2.43. The van der Waals surface area contributed by atoms with Crippen LogP contribution in [0.2, 0.25) is 0 Å². The number of benzene rings is 1. The van der Waals surface area contributed by atoms with Gasteiger partial charge in [-0.3, -0.25) is 0 Å². The van der Waals surface area contributed by atoms with Gasteiger partial charge in [0.05, 0.1) is 0 Å². The molecule has 1 aromatic carbocycles. The molecule has 0 bridgehead atoms. The lowest BCUT2D eigenvalue weighted by molar-refractivity contribution is 0.967. The second-order valence-electron chi connectivity index (χ2n) is 3.41. The third-order valence-corrected chi connectivity index (χ3v) is 2.43. The highest BCUT2D eigenvalue weighted by Gasteiger charge is 2.09. The van der Waals surface area contributed by atoms with Gasteiger partial charge in [-0.15, -0.1) is 0 Å². The van der Waals surface area contributed by atoms with Crippen molar-refractivity contribution in [2.75, 3.05) is 11.9 Å². The minimum atomic E-state index is 0.979. The van der Waals surface area contributed by atoms with Gasteiger partial charge in [0.2, 0.25) is 0 Å². The van der Waals surface area contributed by atoms with Gasteiger partial charge < -0.3 is 5.32 Å². The highest BCUT2D eigenvalue weighted by atomic mass is 14.9. The topological polar surface area (TPSA) is 12.0 Å². The summed E-state index contributed by atoms with van der Waals surface area (Å²) >= 11 is 0. The van der Waals surface area contributed by atoms with Crippen LogP contribution in [-0.2, 0) is 0 Å². The van der Waals surface area contributed by atoms with Crippen LogP contribution in [-0.4, -0.2) is 6.54 Å². The summed E-state index contributed by atoms with van der Waals surface area (Å²) in [7, 11) is 0. The van der Waals surface area contributed by atoms with E-state index in [-0.39, 0.29) is 0 Å². The summed E-state index contributed by atoms with van der Waals surface area (Å²) in [6.07, 6.45) is 4.71. The van der Waals surface area contributed by atoms with E-state index in [0.717, 1.165) is 6.54 Å². The van der Waals surface area contributed by atoms with Crippen molar-refractivity contribution in [3.05, 3.63) is 35.9 Å². The van der Waals surface area contributed by atoms with Crippen molar-refractivity contribution in [2.45, 2.75) is 19.8 Å². The molecule has 0 spiro atoms. The van der Waals surface area contributed by atoms with E-state index in [0.29, 0.717) is 0 Å². The Morgan fingerprint density at radius 2 is 2.15 bits per heavy atom. The Kier molecular flexibility index (Phi) is 2.35. The summed E-state index contributed by atoms with van der Waals surface area (Å²) < 4.78 is 0. The van der Waals surface area contributed by atoms with Crippen molar-refractivity contribution in [1.82, 2.24) is 0 Å². The molecule has 0 atom stereocenters. The molecule has 1 aliphatic heterocycles. The van der Waals surface area contributed by atoms with Gasteiger partial charge in [0.25, 0.3) is 0 Å². The van der Waals surface area contributed by atoms with Crippen molar-refractivity contribution < 1.29 is 0 Å². The number of hydrogen-bond acceptors (Lipinski definition) is 1. The first kappa shape index (κ1) is 8.36. The predicted octanol–water partition coefficient (Wildman–Crippen LogP) is 3.30. The number of allylic oxidation sites excluding steroid dienone is 1. The second kappa shape index (κ2) is 3.65. The van der Waals surface area contributed by atoms with E-state index in [1.165, 1.54) is 29.7 Å². The van der Waals surface area contributed by atoms with Gasteiger partial charge in [-0.05, 0) is 18.1 Å². The average molecular weight is 173 g/mol. The Hall–Kier alpha value is -1.24. The molecule has 0 unspecified atom stereocenters. The summed E-state index contributed by atoms with van der Waals surface area (Å²) in [5.74, 6) is 0. The molecule has 1 N–H and O–H groups in total. The quantitative estimate of drug-likeness (QED) is 0.723. The van der Waals surface area contributed by atoms with Crippen LogP contribution in [0.5, 0.6) is 0 Å². The largest absolute Gasteiger partial charge is 0.381 e. The summed E-state index contributed by atoms with van der Waals surface area (Å²) in [6, 6.07) is 8.54. The van der Waals surface area contributed by atoms with Gasteiger partial charge in [0, 0.05) is 17.8 Å². The average Bonchev–Trinajstić information content (AvgIpc) is 2.19. The van der Waals surface area contributed by atoms with Gasteiger partial charge in [-0.1, -0.05) is 37.6 Å². The van der Waals surface area contributed by atoms with E-state index in [1.807, 2.05) is 0 Å². The molecule has 1 heterocycles. The van der Waals surface area contributed by atoms with Crippen LogP contribution >= 0.6 is 0 Å². The van der Waals surface area contributed by atoms with E-state index in [2.05, 4.69) is 42.6 Å². The SMILES string of the molecule is CCCC1=CCNc2ccccc21. The van der Waals surface area contributed by atoms with Gasteiger partial charge in [0.1, 0.15) is 0 Å². The smallest absolute Gasteiger partial charge is 0.0418 e. The molecule has 1 aromatic rings. The zero-order valence-electron chi connectivity index (χ0n) is 8.01. The Bertz CT molecular complexity index is 326. The predicted molar refractivity (Wildman–Crippen MR) is 57.8 cm³/mol. The summed E-state index contributed by atoms with van der Waals surface area (Å²) in [5.41, 5.74) is 4.17. The molecule has 0 aromatic heterocycles. The fraction of sp³-hybridized carbons (Fsp3) is 0.333. The molecular formula is C12H15N. The maximum atomic E-state index is 3.37. The van der Waals surface area contributed by atoms with E-state index in [9.17, 15) is 0 Å². The van der Waals surface area contributed by atoms with E-state index in [1.54, 1.807) is 0 Å². The van der Waals surface area contributed by atoms with Crippen LogP contribution < -0.4 is 5.32 Å². The first-order valence-electron chi connectivity index (χ1n) is 4.94. The van der Waals surface area contributed by atoms with Gasteiger partial charge in [-0.25, -0.2) is 0 Å². The van der Waals surface area contributed by atoms with Crippen LogP contribution in [0.25, 0.3) is 5.57 Å². The molecule has 0 amide bonds. The maximum Gasteiger partial charge on any atom is 0.0418 e. The number of fused-ring (bicyclic) bond motifs is 1. The highest BCUT2D eigenvalue weighted by molar-refractivity contribution is 5.79. The monoisotopic (exact) mass is 173 g/mol. The molecule has 0 aliphatic carbocycles. The number of para-hydroxylation sites is 1. The Labute approximate surface area is 79.5 Å². The van der Waals surface area contributed by atoms with Gasteiger partial charge >= 0.3 is 0 Å². The Morgan fingerprint density at radius 1 is 1.31 bits per heavy atom. The van der Waals surface area contributed by atoms with Gasteiger partial charge in [-0.2, -0.15) is 0 Å². The van der Waals surface area contributed by atoms with Crippen LogP contribution in [0.1, 0.15) is 25.3 Å². The fourth-order valence-electron chi connectivity index (χ4n) is 1.82. The third kappa shape index (κ3) is 1.59. The normalized spacial score (nSPS) is 14.4. The molecular weight excluding hydrogens is 158 g/mol. The highest BCUT2D eigenvalue weighted by Crippen LogP contribution is 2.29. The summed E-state index contributed by atoms with van der Waals surface area (Å²) in [5, 5.41) is 3.37. The number of hydrogen-bond donors (Lipinski definition) is 1. The molecule has 0 saturated carbocycles. The Morgan fingerprint density at radius 3 is 3.00 bits per heavy atom. The molecule has 68 valence electrons. The van der Waals surface area contributed by atoms with Crippen molar-refractivity contribution in [3.63, 3.8) is 0 Å². The number of nitrogens with one attached hydrogen (secondary N) is 1. The van der Waals surface area contributed by atoms with Crippen LogP contribution in [0.15, 0.2) is 30.3 Å². The zero-order chi connectivity index (χ0) is 9.10. The molecule has 1 aliphatic rings. The molecule has 0 fully saturated rings. The molecule has 0 saturated heterocycles. The van der Waals surface area contributed by atoms with E-state index in [4.69, 9.17) is 0 Å². The van der Waals surface area contributed by atoms with Crippen molar-refractivity contribution in [1.29, 1.82) is 0 Å². The van der Waals surface area contributed by atoms with Gasteiger partial charge in [0.15, 0.2) is 0 Å². The standard InChI is InChI=1S/C12H15N/c1-2-5-10-8-9-13-12-7-4-3-6-11(10)12/h3-4,6-8,13H,2,5,9H2,1H3. The molecule has 1 nitrogen and oxygen atoms in total. The number of rotatable bonds is 2. The Balaban J connectivity index is 2.36. The molecule has 1 heteroatoms. The first-order chi connectivity index (χ1) is 6.42. The zero-order valence-corrected chi connectivity index (χ0v) is 8.01. The lowest BCUT2D eigenvalue weighted by Gasteiger charge is -2.18. The molecule has 0 radical (unpaired) electrons. The lowest BCUT2D eigenvalue weighted by Crippen LogP contribution is -2.07. The summed E-state index contributed by atoms with van der Waals surface area (Å²) in [4.78, 5) is 0. The lowest BCUT2D eigenvalue weighted by atomic mass is 9.97. The van der Waals surface area contributed by atoms with E-state index < -0.39 is 0 Å². The van der Waals surface area contributed by atoms with Crippen molar-refractivity contribution >= 4 is 11.3 Å². The number of anilines is 1. The molecule has 13 heavy (non-hydrogen) atoms. The van der Waals surface area contributed by atoms with Crippen LogP contribution in [0.4, 0.5) is 5.69 Å². The molecule has 2 rings (SSSR count). The first-order valence-corrected chi connectivity index (χ1v) is 4.94. The maximum absolute atomic E-state index is 3.37. The fourth-order valence-corrected chi connectivity index (χ4v) is 1.82. The van der Waals surface area contributed by atoms with Crippen molar-refractivity contribution in [3.8, 4) is 0 Å². The second-order valence-corrected chi connectivity index (χ2v) is 3.41. The van der Waals surface area contributed by atoms with Crippen LogP contribution in [0.3, 0.4) is 0 Å². The van der Waals surface area contributed by atoms with Crippen molar-refractivity contribution in [2.24, 2.45) is 0 Å².